The minimum absolute atomic E-state index is 0.334. The Balaban J connectivity index is 1.60. The van der Waals surface area contributed by atoms with E-state index in [1.807, 2.05) is 12.1 Å². The van der Waals surface area contributed by atoms with Crippen molar-refractivity contribution in [1.82, 2.24) is 0 Å². The van der Waals surface area contributed by atoms with E-state index in [1.54, 1.807) is 30.3 Å². The number of ether oxygens (including phenoxy) is 4. The Kier molecular flexibility index (Phi) is 15.2. The zero-order chi connectivity index (χ0) is 28.1. The largest absolute Gasteiger partial charge is 0.494 e. The molecule has 0 N–H and O–H groups in total. The Morgan fingerprint density at radius 1 is 0.615 bits per heavy atom. The minimum atomic E-state index is -0.457. The molecule has 0 amide bonds. The highest BCUT2D eigenvalue weighted by Gasteiger charge is 2.03. The fourth-order valence-electron chi connectivity index (χ4n) is 3.53. The van der Waals surface area contributed by atoms with Gasteiger partial charge in [0.25, 0.3) is 0 Å². The van der Waals surface area contributed by atoms with Gasteiger partial charge < -0.3 is 18.9 Å². The van der Waals surface area contributed by atoms with Gasteiger partial charge in [0.1, 0.15) is 11.5 Å². The molecule has 0 heterocycles. The fourth-order valence-corrected chi connectivity index (χ4v) is 3.53. The molecule has 0 aliphatic rings. The molecule has 0 aromatic heterocycles. The zero-order valence-electron chi connectivity index (χ0n) is 22.5. The van der Waals surface area contributed by atoms with Crippen LogP contribution in [-0.4, -0.2) is 37.7 Å². The highest BCUT2D eigenvalue weighted by Crippen LogP contribution is 2.18. The number of esters is 3. The van der Waals surface area contributed by atoms with E-state index >= 15 is 0 Å². The van der Waals surface area contributed by atoms with Crippen LogP contribution in [-0.2, 0) is 30.3 Å². The SMILES string of the molecule is C=CC(=O)OCCCCCCCc1ccc(/C=C/C(=O)Oc2ccc(OCCCCOC(=O)C=C)cc2)cc1. The van der Waals surface area contributed by atoms with Crippen LogP contribution in [0.2, 0.25) is 0 Å². The van der Waals surface area contributed by atoms with Crippen LogP contribution in [0.4, 0.5) is 0 Å². The molecule has 0 radical (unpaired) electrons. The number of benzene rings is 2. The molecule has 7 nitrogen and oxygen atoms in total. The van der Waals surface area contributed by atoms with Crippen molar-refractivity contribution in [3.8, 4) is 11.5 Å². The van der Waals surface area contributed by atoms with Crippen molar-refractivity contribution in [2.75, 3.05) is 19.8 Å². The second kappa shape index (κ2) is 19.0. The minimum Gasteiger partial charge on any atom is -0.494 e. The molecule has 0 fully saturated rings. The van der Waals surface area contributed by atoms with Gasteiger partial charge in [-0.3, -0.25) is 0 Å². The van der Waals surface area contributed by atoms with E-state index in [9.17, 15) is 14.4 Å². The van der Waals surface area contributed by atoms with E-state index in [2.05, 4.69) is 25.3 Å². The molecule has 39 heavy (non-hydrogen) atoms. The predicted octanol–water partition coefficient (Wildman–Crippen LogP) is 6.42. The average Bonchev–Trinajstić information content (AvgIpc) is 2.96. The summed E-state index contributed by atoms with van der Waals surface area (Å²) in [4.78, 5) is 34.1. The molecule has 0 atom stereocenters. The van der Waals surface area contributed by atoms with E-state index in [0.717, 1.165) is 56.6 Å². The van der Waals surface area contributed by atoms with Crippen LogP contribution in [0.1, 0.15) is 56.1 Å². The Morgan fingerprint density at radius 3 is 1.79 bits per heavy atom. The summed E-state index contributed by atoms with van der Waals surface area (Å²) in [6.45, 7) is 8.00. The first-order chi connectivity index (χ1) is 19.0. The molecule has 208 valence electrons. The summed E-state index contributed by atoms with van der Waals surface area (Å²) in [6, 6.07) is 15.0. The van der Waals surface area contributed by atoms with Gasteiger partial charge in [-0.25, -0.2) is 14.4 Å². The summed E-state index contributed by atoms with van der Waals surface area (Å²) in [7, 11) is 0. The van der Waals surface area contributed by atoms with Gasteiger partial charge >= 0.3 is 17.9 Å². The van der Waals surface area contributed by atoms with Crippen LogP contribution >= 0.6 is 0 Å². The summed E-state index contributed by atoms with van der Waals surface area (Å²) in [5, 5.41) is 0. The summed E-state index contributed by atoms with van der Waals surface area (Å²) in [5.74, 6) is -0.146. The number of aryl methyl sites for hydroxylation is 1. The first-order valence-electron chi connectivity index (χ1n) is 13.3. The standard InChI is InChI=1S/C32H38O7/c1-3-30(33)37-24-9-7-5-6-8-12-26-13-15-27(16-14-26)17-22-32(35)39-29-20-18-28(19-21-29)36-23-10-11-25-38-31(34)4-2/h3-4,13-22H,1-2,5-12,23-25H2/b22-17+. The third-order valence-corrected chi connectivity index (χ3v) is 5.67. The molecular weight excluding hydrogens is 496 g/mol. The zero-order valence-corrected chi connectivity index (χ0v) is 22.5. The molecule has 7 heteroatoms. The Hall–Kier alpha value is -4.13. The van der Waals surface area contributed by atoms with Crippen LogP contribution in [0.25, 0.3) is 6.08 Å². The maximum Gasteiger partial charge on any atom is 0.336 e. The van der Waals surface area contributed by atoms with Gasteiger partial charge in [0, 0.05) is 18.2 Å². The lowest BCUT2D eigenvalue weighted by Gasteiger charge is -2.07. The molecule has 0 saturated carbocycles. The van der Waals surface area contributed by atoms with Crippen LogP contribution in [0.5, 0.6) is 11.5 Å². The van der Waals surface area contributed by atoms with Gasteiger partial charge in [-0.15, -0.1) is 0 Å². The number of rotatable bonds is 19. The maximum absolute atomic E-state index is 12.2. The average molecular weight is 535 g/mol. The van der Waals surface area contributed by atoms with E-state index in [0.29, 0.717) is 37.7 Å². The molecule has 0 saturated heterocycles. The van der Waals surface area contributed by atoms with Crippen molar-refractivity contribution in [2.45, 2.75) is 51.4 Å². The molecule has 0 spiro atoms. The second-order valence-electron chi connectivity index (χ2n) is 8.78. The van der Waals surface area contributed by atoms with Crippen LogP contribution < -0.4 is 9.47 Å². The predicted molar refractivity (Wildman–Crippen MR) is 151 cm³/mol. The van der Waals surface area contributed by atoms with Gasteiger partial charge in [-0.2, -0.15) is 0 Å². The summed E-state index contributed by atoms with van der Waals surface area (Å²) >= 11 is 0. The first-order valence-corrected chi connectivity index (χ1v) is 13.3. The number of hydrogen-bond donors (Lipinski definition) is 0. The van der Waals surface area contributed by atoms with E-state index in [1.165, 1.54) is 17.7 Å². The third-order valence-electron chi connectivity index (χ3n) is 5.67. The molecule has 2 aromatic carbocycles. The van der Waals surface area contributed by atoms with E-state index in [-0.39, 0.29) is 5.97 Å². The number of unbranched alkanes of at least 4 members (excludes halogenated alkanes) is 5. The molecule has 0 bridgehead atoms. The quantitative estimate of drug-likeness (QED) is 0.0890. The highest BCUT2D eigenvalue weighted by molar-refractivity contribution is 5.88. The van der Waals surface area contributed by atoms with Crippen molar-refractivity contribution in [2.24, 2.45) is 0 Å². The summed E-state index contributed by atoms with van der Waals surface area (Å²) in [5.41, 5.74) is 2.18. The molecule has 2 rings (SSSR count). The van der Waals surface area contributed by atoms with Crippen molar-refractivity contribution in [3.05, 3.63) is 91.0 Å². The van der Waals surface area contributed by atoms with Gasteiger partial charge in [0.05, 0.1) is 19.8 Å². The first kappa shape index (κ1) is 31.1. The maximum atomic E-state index is 12.2. The lowest BCUT2D eigenvalue weighted by atomic mass is 10.0. The van der Waals surface area contributed by atoms with E-state index in [4.69, 9.17) is 18.9 Å². The third kappa shape index (κ3) is 14.4. The van der Waals surface area contributed by atoms with Gasteiger partial charge in [-0.05, 0) is 73.6 Å². The number of carbonyl (C=O) groups excluding carboxylic acids is 3. The Labute approximate surface area is 231 Å². The lowest BCUT2D eigenvalue weighted by molar-refractivity contribution is -0.138. The Morgan fingerprint density at radius 2 is 1.15 bits per heavy atom. The summed E-state index contributed by atoms with van der Waals surface area (Å²) in [6.07, 6.45) is 13.2. The van der Waals surface area contributed by atoms with E-state index < -0.39 is 11.9 Å². The van der Waals surface area contributed by atoms with Crippen LogP contribution in [0.3, 0.4) is 0 Å². The van der Waals surface area contributed by atoms with Crippen LogP contribution in [0.15, 0.2) is 79.9 Å². The Bertz CT molecular complexity index is 1070. The molecule has 0 unspecified atom stereocenters. The van der Waals surface area contributed by atoms with Crippen molar-refractivity contribution >= 4 is 24.0 Å². The topological polar surface area (TPSA) is 88.1 Å². The normalized spacial score (nSPS) is 10.6. The lowest BCUT2D eigenvalue weighted by Crippen LogP contribution is -2.05. The van der Waals surface area contributed by atoms with Crippen molar-refractivity contribution in [1.29, 1.82) is 0 Å². The van der Waals surface area contributed by atoms with Gasteiger partial charge in [0.15, 0.2) is 0 Å². The molecule has 0 aliphatic heterocycles. The number of carbonyl (C=O) groups is 3. The van der Waals surface area contributed by atoms with Gasteiger partial charge in [0.2, 0.25) is 0 Å². The van der Waals surface area contributed by atoms with Gasteiger partial charge in [-0.1, -0.05) is 56.7 Å². The smallest absolute Gasteiger partial charge is 0.336 e. The highest BCUT2D eigenvalue weighted by atomic mass is 16.5. The molecule has 2 aromatic rings. The fraction of sp³-hybridized carbons (Fsp3) is 0.344. The monoisotopic (exact) mass is 534 g/mol. The number of hydrogen-bond acceptors (Lipinski definition) is 7. The second-order valence-corrected chi connectivity index (χ2v) is 8.78. The van der Waals surface area contributed by atoms with Crippen molar-refractivity contribution < 1.29 is 33.3 Å². The molecule has 0 aliphatic carbocycles. The van der Waals surface area contributed by atoms with Crippen molar-refractivity contribution in [3.63, 3.8) is 0 Å². The van der Waals surface area contributed by atoms with Crippen LogP contribution in [0, 0.1) is 0 Å². The molecular formula is C32H38O7. The summed E-state index contributed by atoms with van der Waals surface area (Å²) < 4.78 is 20.9.